The van der Waals surface area contributed by atoms with E-state index in [4.69, 9.17) is 4.74 Å². The Morgan fingerprint density at radius 1 is 0.977 bits per heavy atom. The topological polar surface area (TPSA) is 97.3 Å². The Hall–Kier alpha value is -4.78. The largest absolute Gasteiger partial charge is 0.492 e. The van der Waals surface area contributed by atoms with Gasteiger partial charge >= 0.3 is 5.69 Å². The zero-order valence-corrected chi connectivity index (χ0v) is 25.2. The maximum Gasteiger partial charge on any atom is 0.332 e. The lowest BCUT2D eigenvalue weighted by molar-refractivity contribution is 0.0969. The fourth-order valence-electron chi connectivity index (χ4n) is 4.83. The van der Waals surface area contributed by atoms with Crippen molar-refractivity contribution in [3.63, 3.8) is 0 Å². The zero-order valence-electron chi connectivity index (χ0n) is 24.4. The van der Waals surface area contributed by atoms with E-state index in [1.165, 1.54) is 11.3 Å². The molecule has 2 heterocycles. The lowest BCUT2D eigenvalue weighted by Gasteiger charge is -2.13. The van der Waals surface area contributed by atoms with Gasteiger partial charge in [0.05, 0.1) is 30.1 Å². The van der Waals surface area contributed by atoms with Crippen LogP contribution in [0.1, 0.15) is 33.3 Å². The summed E-state index contributed by atoms with van der Waals surface area (Å²) < 4.78 is 8.33. The van der Waals surface area contributed by atoms with E-state index in [0.717, 1.165) is 39.1 Å². The van der Waals surface area contributed by atoms with Gasteiger partial charge in [-0.05, 0) is 73.6 Å². The molecule has 0 fully saturated rings. The van der Waals surface area contributed by atoms with E-state index in [9.17, 15) is 19.6 Å². The molecule has 0 atom stereocenters. The number of likely N-dealkylation sites (N-methyl/N-ethyl adjacent to an activating group) is 1. The van der Waals surface area contributed by atoms with Crippen molar-refractivity contribution < 1.29 is 9.53 Å². The molecule has 0 radical (unpaired) electrons. The molecular weight excluding hydrogens is 560 g/mol. The highest BCUT2D eigenvalue weighted by Gasteiger charge is 2.19. The van der Waals surface area contributed by atoms with Crippen molar-refractivity contribution in [2.45, 2.75) is 26.4 Å². The van der Waals surface area contributed by atoms with Crippen molar-refractivity contribution >= 4 is 27.3 Å². The van der Waals surface area contributed by atoms with E-state index >= 15 is 0 Å². The molecule has 0 spiro atoms. The van der Waals surface area contributed by atoms with Gasteiger partial charge in [0, 0.05) is 17.0 Å². The number of fused-ring (bicyclic) bond motifs is 1. The van der Waals surface area contributed by atoms with Crippen molar-refractivity contribution in [1.82, 2.24) is 14.0 Å². The SMILES string of the molecule is CCc1cc2c(=O)n(CC(=O)c3ccc(OCCN(C)C)cc3)c(=O)n(Cc3ccc(-c4ccccc4C#N)cc3)c2s1. The first-order valence-electron chi connectivity index (χ1n) is 14.0. The third kappa shape index (κ3) is 6.51. The van der Waals surface area contributed by atoms with Crippen LogP contribution in [0.2, 0.25) is 0 Å². The van der Waals surface area contributed by atoms with Gasteiger partial charge < -0.3 is 9.64 Å². The number of carbonyl (C=O) groups excluding carboxylic acids is 1. The molecule has 0 aliphatic carbocycles. The van der Waals surface area contributed by atoms with Crippen molar-refractivity contribution in [1.29, 1.82) is 5.26 Å². The first-order valence-corrected chi connectivity index (χ1v) is 14.9. The number of hydrogen-bond acceptors (Lipinski definition) is 7. The summed E-state index contributed by atoms with van der Waals surface area (Å²) in [4.78, 5) is 44.1. The quantitative estimate of drug-likeness (QED) is 0.196. The Morgan fingerprint density at radius 2 is 1.70 bits per heavy atom. The van der Waals surface area contributed by atoms with E-state index in [1.807, 2.05) is 74.4 Å². The summed E-state index contributed by atoms with van der Waals surface area (Å²) >= 11 is 1.42. The molecular formula is C34H32N4O4S. The molecule has 0 aliphatic rings. The average molecular weight is 593 g/mol. The third-order valence-corrected chi connectivity index (χ3v) is 8.54. The molecule has 43 heavy (non-hydrogen) atoms. The van der Waals surface area contributed by atoms with Gasteiger partial charge in [-0.2, -0.15) is 5.26 Å². The summed E-state index contributed by atoms with van der Waals surface area (Å²) in [5.74, 6) is 0.309. The van der Waals surface area contributed by atoms with Crippen LogP contribution >= 0.6 is 11.3 Å². The van der Waals surface area contributed by atoms with Crippen LogP contribution in [0.5, 0.6) is 5.75 Å². The van der Waals surface area contributed by atoms with Gasteiger partial charge in [0.2, 0.25) is 0 Å². The summed E-state index contributed by atoms with van der Waals surface area (Å²) in [6, 6.07) is 25.9. The Morgan fingerprint density at radius 3 is 2.37 bits per heavy atom. The molecule has 0 aliphatic heterocycles. The highest BCUT2D eigenvalue weighted by Crippen LogP contribution is 2.26. The van der Waals surface area contributed by atoms with Gasteiger partial charge in [-0.3, -0.25) is 18.7 Å². The van der Waals surface area contributed by atoms with Crippen LogP contribution in [-0.4, -0.2) is 47.1 Å². The number of carbonyl (C=O) groups is 1. The van der Waals surface area contributed by atoms with Gasteiger partial charge in [0.1, 0.15) is 17.2 Å². The number of Topliss-reactive ketones (excluding diaryl/α,β-unsaturated/α-hetero) is 1. The van der Waals surface area contributed by atoms with Crippen LogP contribution in [0.4, 0.5) is 0 Å². The molecule has 8 nitrogen and oxygen atoms in total. The molecule has 0 saturated carbocycles. The maximum atomic E-state index is 13.8. The molecule has 9 heteroatoms. The van der Waals surface area contributed by atoms with Crippen LogP contribution in [-0.2, 0) is 19.5 Å². The summed E-state index contributed by atoms with van der Waals surface area (Å²) in [6.45, 7) is 3.15. The Kier molecular flexibility index (Phi) is 9.00. The Labute approximate surface area is 253 Å². The predicted molar refractivity (Wildman–Crippen MR) is 170 cm³/mol. The molecule has 5 rings (SSSR count). The molecule has 0 saturated heterocycles. The molecule has 218 valence electrons. The highest BCUT2D eigenvalue weighted by molar-refractivity contribution is 7.18. The lowest BCUT2D eigenvalue weighted by Crippen LogP contribution is -2.41. The summed E-state index contributed by atoms with van der Waals surface area (Å²) in [5.41, 5.74) is 2.57. The van der Waals surface area contributed by atoms with Crippen LogP contribution in [0, 0.1) is 11.3 Å². The van der Waals surface area contributed by atoms with E-state index in [1.54, 1.807) is 34.9 Å². The van der Waals surface area contributed by atoms with Gasteiger partial charge in [-0.1, -0.05) is 49.4 Å². The first-order chi connectivity index (χ1) is 20.8. The Balaban J connectivity index is 1.45. The number of benzene rings is 3. The maximum absolute atomic E-state index is 13.8. The lowest BCUT2D eigenvalue weighted by atomic mass is 9.99. The minimum atomic E-state index is -0.530. The number of ether oxygens (including phenoxy) is 1. The monoisotopic (exact) mass is 592 g/mol. The zero-order chi connectivity index (χ0) is 30.5. The van der Waals surface area contributed by atoms with E-state index < -0.39 is 11.2 Å². The minimum Gasteiger partial charge on any atom is -0.492 e. The van der Waals surface area contributed by atoms with Crippen LogP contribution in [0.15, 0.2) is 88.5 Å². The fraction of sp³-hybridized carbons (Fsp3) is 0.235. The highest BCUT2D eigenvalue weighted by atomic mass is 32.1. The number of nitrogens with zero attached hydrogens (tertiary/aromatic N) is 4. The second kappa shape index (κ2) is 13.0. The molecule has 2 aromatic heterocycles. The summed E-state index contributed by atoms with van der Waals surface area (Å²) in [6.07, 6.45) is 0.724. The number of hydrogen-bond donors (Lipinski definition) is 0. The van der Waals surface area contributed by atoms with E-state index in [-0.39, 0.29) is 18.9 Å². The fourth-order valence-corrected chi connectivity index (χ4v) is 5.90. The number of rotatable bonds is 11. The summed E-state index contributed by atoms with van der Waals surface area (Å²) in [7, 11) is 3.93. The van der Waals surface area contributed by atoms with Crippen molar-refractivity contribution in [3.05, 3.63) is 121 Å². The first kappa shape index (κ1) is 29.7. The number of aryl methyl sites for hydroxylation is 1. The van der Waals surface area contributed by atoms with Gasteiger partial charge in [0.15, 0.2) is 5.78 Å². The Bertz CT molecular complexity index is 1930. The van der Waals surface area contributed by atoms with Crippen molar-refractivity contribution in [2.24, 2.45) is 0 Å². The van der Waals surface area contributed by atoms with E-state index in [2.05, 4.69) is 6.07 Å². The van der Waals surface area contributed by atoms with E-state index in [0.29, 0.717) is 33.7 Å². The molecule has 0 bridgehead atoms. The van der Waals surface area contributed by atoms with Gasteiger partial charge in [-0.25, -0.2) is 4.79 Å². The second-order valence-electron chi connectivity index (χ2n) is 10.5. The molecule has 0 unspecified atom stereocenters. The number of thiophene rings is 1. The average Bonchev–Trinajstić information content (AvgIpc) is 3.46. The smallest absolute Gasteiger partial charge is 0.332 e. The summed E-state index contributed by atoms with van der Waals surface area (Å²) in [5, 5.41) is 9.91. The molecule has 5 aromatic rings. The van der Waals surface area contributed by atoms with Crippen LogP contribution in [0.25, 0.3) is 21.3 Å². The minimum absolute atomic E-state index is 0.229. The molecule has 0 N–H and O–H groups in total. The number of ketones is 1. The third-order valence-electron chi connectivity index (χ3n) is 7.23. The van der Waals surface area contributed by atoms with Crippen LogP contribution in [0.3, 0.4) is 0 Å². The van der Waals surface area contributed by atoms with Crippen molar-refractivity contribution in [3.8, 4) is 22.9 Å². The number of nitriles is 1. The van der Waals surface area contributed by atoms with Crippen LogP contribution < -0.4 is 16.0 Å². The second-order valence-corrected chi connectivity index (χ2v) is 11.6. The van der Waals surface area contributed by atoms with Gasteiger partial charge in [-0.15, -0.1) is 11.3 Å². The van der Waals surface area contributed by atoms with Gasteiger partial charge in [0.25, 0.3) is 5.56 Å². The number of aromatic nitrogens is 2. The predicted octanol–water partition coefficient (Wildman–Crippen LogP) is 5.20. The normalized spacial score (nSPS) is 11.1. The van der Waals surface area contributed by atoms with Crippen molar-refractivity contribution in [2.75, 3.05) is 27.2 Å². The molecule has 0 amide bonds. The molecule has 3 aromatic carbocycles. The standard InChI is InChI=1S/C34H32N4O4S/c1-4-28-19-30-32(40)37(22-31(39)25-13-15-27(16-14-25)42-18-17-36(2)3)34(41)38(33(30)43-28)21-23-9-11-24(12-10-23)29-8-6-5-7-26(29)20-35/h5-16,19H,4,17-18,21-22H2,1-3H3.